The van der Waals surface area contributed by atoms with Crippen molar-refractivity contribution in [3.8, 4) is 0 Å². The molecule has 0 saturated carbocycles. The molecule has 0 fully saturated rings. The van der Waals surface area contributed by atoms with Gasteiger partial charge in [-0.15, -0.1) is 0 Å². The van der Waals surface area contributed by atoms with E-state index in [-0.39, 0.29) is 23.5 Å². The summed E-state index contributed by atoms with van der Waals surface area (Å²) in [5, 5.41) is 4.25. The average Bonchev–Trinajstić information content (AvgIpc) is 2.99. The van der Waals surface area contributed by atoms with Crippen LogP contribution in [0.25, 0.3) is 0 Å². The molecule has 0 radical (unpaired) electrons. The number of nitrogens with one attached hydrogen (secondary N) is 1. The molecule has 140 valence electrons. The molecule has 26 heavy (non-hydrogen) atoms. The first-order valence-electron chi connectivity index (χ1n) is 8.49. The smallest absolute Gasteiger partial charge is 0.327 e. The summed E-state index contributed by atoms with van der Waals surface area (Å²) in [6, 6.07) is 5.79. The van der Waals surface area contributed by atoms with E-state index in [1.165, 1.54) is 12.1 Å². The van der Waals surface area contributed by atoms with Crippen molar-refractivity contribution in [2.45, 2.75) is 43.7 Å². The number of nitrogen functional groups attached to an aromatic ring is 1. The van der Waals surface area contributed by atoms with Gasteiger partial charge in [-0.1, -0.05) is 6.07 Å². The summed E-state index contributed by atoms with van der Waals surface area (Å²) in [4.78, 5) is 11.8. The van der Waals surface area contributed by atoms with Gasteiger partial charge in [-0.3, -0.25) is 9.48 Å². The molecular formula is C17H22N4O4S. The van der Waals surface area contributed by atoms with Crippen molar-refractivity contribution in [1.82, 2.24) is 14.5 Å². The van der Waals surface area contributed by atoms with Crippen molar-refractivity contribution in [1.29, 1.82) is 0 Å². The highest BCUT2D eigenvalue weighted by atomic mass is 32.2. The number of esters is 1. The van der Waals surface area contributed by atoms with E-state index >= 15 is 0 Å². The maximum absolute atomic E-state index is 12.7. The highest BCUT2D eigenvalue weighted by Gasteiger charge is 2.29. The molecule has 0 amide bonds. The van der Waals surface area contributed by atoms with Gasteiger partial charge in [-0.05, 0) is 44.4 Å². The number of benzene rings is 1. The second kappa shape index (κ2) is 7.46. The lowest BCUT2D eigenvalue weighted by atomic mass is 9.94. The molecule has 9 heteroatoms. The molecule has 1 heterocycles. The van der Waals surface area contributed by atoms with Crippen LogP contribution in [0.1, 0.15) is 37.1 Å². The normalized spacial score (nSPS) is 16.9. The molecule has 0 saturated heterocycles. The van der Waals surface area contributed by atoms with Crippen LogP contribution in [0, 0.1) is 0 Å². The lowest BCUT2D eigenvalue weighted by Crippen LogP contribution is -2.31. The topological polar surface area (TPSA) is 116 Å². The van der Waals surface area contributed by atoms with Crippen LogP contribution in [0.4, 0.5) is 5.69 Å². The maximum Gasteiger partial charge on any atom is 0.327 e. The quantitative estimate of drug-likeness (QED) is 0.579. The molecular weight excluding hydrogens is 356 g/mol. The third-order valence-electron chi connectivity index (χ3n) is 4.31. The number of ether oxygens (including phenoxy) is 1. The third kappa shape index (κ3) is 3.88. The minimum atomic E-state index is -3.71. The monoisotopic (exact) mass is 378 g/mol. The van der Waals surface area contributed by atoms with Crippen LogP contribution in [0.15, 0.2) is 35.4 Å². The standard InChI is InChI=1S/C17H22N4O4S/c1-2-25-17(22)11-21-16-8-4-7-15(14(16)10-19-21)20-26(23,24)13-6-3-5-12(18)9-13/h3,5-6,9-10,15,20H,2,4,7-8,11,18H2,1H3. The number of nitrogens with zero attached hydrogens (tertiary/aromatic N) is 2. The molecule has 1 aromatic heterocycles. The Bertz CT molecular complexity index is 907. The molecule has 0 aliphatic heterocycles. The number of hydrogen-bond donors (Lipinski definition) is 2. The number of aromatic nitrogens is 2. The second-order valence-corrected chi connectivity index (χ2v) is 7.86. The Balaban J connectivity index is 1.82. The zero-order chi connectivity index (χ0) is 18.7. The van der Waals surface area contributed by atoms with Gasteiger partial charge in [0.1, 0.15) is 6.54 Å². The van der Waals surface area contributed by atoms with Crippen molar-refractivity contribution >= 4 is 21.7 Å². The summed E-state index contributed by atoms with van der Waals surface area (Å²) >= 11 is 0. The van der Waals surface area contributed by atoms with E-state index in [9.17, 15) is 13.2 Å². The van der Waals surface area contributed by atoms with E-state index in [0.29, 0.717) is 18.7 Å². The van der Waals surface area contributed by atoms with Gasteiger partial charge in [-0.25, -0.2) is 13.1 Å². The molecule has 3 N–H and O–H groups in total. The van der Waals surface area contributed by atoms with Crippen LogP contribution in [-0.2, 0) is 32.5 Å². The number of carbonyl (C=O) groups is 1. The highest BCUT2D eigenvalue weighted by molar-refractivity contribution is 7.89. The van der Waals surface area contributed by atoms with Gasteiger partial charge in [0.25, 0.3) is 0 Å². The molecule has 0 bridgehead atoms. The molecule has 1 aliphatic rings. The summed E-state index contributed by atoms with van der Waals surface area (Å²) in [7, 11) is -3.71. The number of rotatable bonds is 6. The van der Waals surface area contributed by atoms with Crippen molar-refractivity contribution in [2.24, 2.45) is 0 Å². The van der Waals surface area contributed by atoms with Crippen LogP contribution < -0.4 is 10.5 Å². The lowest BCUT2D eigenvalue weighted by Gasteiger charge is -2.24. The fraction of sp³-hybridized carbons (Fsp3) is 0.412. The molecule has 3 rings (SSSR count). The molecule has 1 aromatic carbocycles. The molecule has 0 spiro atoms. The minimum Gasteiger partial charge on any atom is -0.465 e. The maximum atomic E-state index is 12.7. The molecule has 1 aliphatic carbocycles. The molecule has 8 nitrogen and oxygen atoms in total. The third-order valence-corrected chi connectivity index (χ3v) is 5.78. The Morgan fingerprint density at radius 2 is 2.27 bits per heavy atom. The Hall–Kier alpha value is -2.39. The Morgan fingerprint density at radius 1 is 1.46 bits per heavy atom. The van der Waals surface area contributed by atoms with Crippen molar-refractivity contribution in [2.75, 3.05) is 12.3 Å². The van der Waals surface area contributed by atoms with Crippen molar-refractivity contribution in [3.05, 3.63) is 41.7 Å². The van der Waals surface area contributed by atoms with E-state index in [0.717, 1.165) is 24.1 Å². The number of sulfonamides is 1. The van der Waals surface area contributed by atoms with E-state index in [1.54, 1.807) is 29.9 Å². The van der Waals surface area contributed by atoms with E-state index in [4.69, 9.17) is 10.5 Å². The first kappa shape index (κ1) is 18.4. The Labute approximate surface area is 152 Å². The lowest BCUT2D eigenvalue weighted by molar-refractivity contribution is -0.144. The first-order chi connectivity index (χ1) is 12.4. The van der Waals surface area contributed by atoms with E-state index in [1.807, 2.05) is 0 Å². The zero-order valence-corrected chi connectivity index (χ0v) is 15.3. The summed E-state index contributed by atoms with van der Waals surface area (Å²) in [6.07, 6.45) is 3.83. The number of hydrogen-bond acceptors (Lipinski definition) is 6. The molecule has 2 aromatic rings. The van der Waals surface area contributed by atoms with Gasteiger partial charge in [0.05, 0.1) is 23.7 Å². The summed E-state index contributed by atoms with van der Waals surface area (Å²) in [5.74, 6) is -0.360. The number of carbonyl (C=O) groups excluding carboxylic acids is 1. The predicted octanol–water partition coefficient (Wildman–Crippen LogP) is 1.38. The van der Waals surface area contributed by atoms with Gasteiger partial charge < -0.3 is 10.5 Å². The van der Waals surface area contributed by atoms with Gasteiger partial charge in [0, 0.05) is 16.9 Å². The van der Waals surface area contributed by atoms with Crippen LogP contribution in [0.2, 0.25) is 0 Å². The van der Waals surface area contributed by atoms with Crippen LogP contribution in [-0.4, -0.2) is 30.8 Å². The van der Waals surface area contributed by atoms with Crippen molar-refractivity contribution in [3.63, 3.8) is 0 Å². The number of nitrogens with two attached hydrogens (primary N) is 1. The fourth-order valence-corrected chi connectivity index (χ4v) is 4.45. The second-order valence-electron chi connectivity index (χ2n) is 6.15. The van der Waals surface area contributed by atoms with Crippen LogP contribution in [0.3, 0.4) is 0 Å². The molecule has 1 atom stereocenters. The Kier molecular flexibility index (Phi) is 5.28. The van der Waals surface area contributed by atoms with Gasteiger partial charge in [0.2, 0.25) is 10.0 Å². The summed E-state index contributed by atoms with van der Waals surface area (Å²) in [6.45, 7) is 2.08. The predicted molar refractivity (Wildman–Crippen MR) is 95.7 cm³/mol. The Morgan fingerprint density at radius 3 is 3.00 bits per heavy atom. The van der Waals surface area contributed by atoms with Crippen LogP contribution >= 0.6 is 0 Å². The number of anilines is 1. The van der Waals surface area contributed by atoms with Crippen LogP contribution in [0.5, 0.6) is 0 Å². The van der Waals surface area contributed by atoms with Gasteiger partial charge >= 0.3 is 5.97 Å². The fourth-order valence-electron chi connectivity index (χ4n) is 3.14. The zero-order valence-electron chi connectivity index (χ0n) is 14.5. The average molecular weight is 378 g/mol. The van der Waals surface area contributed by atoms with Gasteiger partial charge in [-0.2, -0.15) is 5.10 Å². The summed E-state index contributed by atoms with van der Waals surface area (Å²) < 4.78 is 34.6. The van der Waals surface area contributed by atoms with E-state index in [2.05, 4.69) is 9.82 Å². The van der Waals surface area contributed by atoms with Crippen molar-refractivity contribution < 1.29 is 17.9 Å². The van der Waals surface area contributed by atoms with Gasteiger partial charge in [0.15, 0.2) is 0 Å². The largest absolute Gasteiger partial charge is 0.465 e. The SMILES string of the molecule is CCOC(=O)Cn1ncc2c1CCCC2NS(=O)(=O)c1cccc(N)c1. The summed E-state index contributed by atoms with van der Waals surface area (Å²) in [5.41, 5.74) is 7.74. The molecule has 1 unspecified atom stereocenters. The minimum absolute atomic E-state index is 0.0257. The van der Waals surface area contributed by atoms with E-state index < -0.39 is 10.0 Å². The first-order valence-corrected chi connectivity index (χ1v) is 9.97. The highest BCUT2D eigenvalue weighted by Crippen LogP contribution is 2.31. The number of fused-ring (bicyclic) bond motifs is 1.